The molecule has 62 valence electrons. The molecule has 0 aromatic rings. The summed E-state index contributed by atoms with van der Waals surface area (Å²) in [5.41, 5.74) is 0. The number of carbonyl (C=O) groups is 1. The predicted molar refractivity (Wildman–Crippen MR) is 44.0 cm³/mol. The molecular weight excluding hydrogens is 140 g/mol. The Balaban J connectivity index is 2.36. The molecule has 0 aromatic carbocycles. The lowest BCUT2D eigenvalue weighted by Crippen LogP contribution is -2.40. The third kappa shape index (κ3) is 2.05. The third-order valence-electron chi connectivity index (χ3n) is 1.99. The molecule has 1 atom stereocenters. The Hall–Kier alpha value is -0.830. The first-order chi connectivity index (χ1) is 5.38. The molecule has 0 saturated carbocycles. The minimum atomic E-state index is 0.241. The van der Waals surface area contributed by atoms with E-state index in [2.05, 4.69) is 16.8 Å². The second kappa shape index (κ2) is 4.13. The number of nitrogens with one attached hydrogen (secondary N) is 1. The fraction of sp³-hybridized carbons (Fsp3) is 0.625. The van der Waals surface area contributed by atoms with E-state index in [-0.39, 0.29) is 6.17 Å². The van der Waals surface area contributed by atoms with Crippen LogP contribution in [0.25, 0.3) is 0 Å². The molecule has 0 bridgehead atoms. The molecule has 1 fully saturated rings. The van der Waals surface area contributed by atoms with E-state index in [1.807, 2.05) is 6.08 Å². The van der Waals surface area contributed by atoms with Crippen LogP contribution in [0.3, 0.4) is 0 Å². The Labute approximate surface area is 67.1 Å². The van der Waals surface area contributed by atoms with Gasteiger partial charge in [0.2, 0.25) is 6.41 Å². The quantitative estimate of drug-likeness (QED) is 0.468. The standard InChI is InChI=1S/C8H14N2O/c1-2-5-10-6-3-4-8(10)9-7-11/h2,7-8H,1,3-6H2,(H,9,11). The molecule has 1 heterocycles. The molecule has 1 aliphatic heterocycles. The normalized spacial score (nSPS) is 24.9. The van der Waals surface area contributed by atoms with Crippen molar-refractivity contribution in [3.8, 4) is 0 Å². The highest BCUT2D eigenvalue weighted by Gasteiger charge is 2.21. The lowest BCUT2D eigenvalue weighted by atomic mass is 10.3. The zero-order valence-corrected chi connectivity index (χ0v) is 6.62. The molecule has 1 amide bonds. The number of hydrogen-bond donors (Lipinski definition) is 1. The molecule has 1 rings (SSSR count). The Morgan fingerprint density at radius 2 is 2.55 bits per heavy atom. The van der Waals surface area contributed by atoms with Gasteiger partial charge >= 0.3 is 0 Å². The number of amides is 1. The van der Waals surface area contributed by atoms with E-state index in [4.69, 9.17) is 0 Å². The molecule has 1 aliphatic rings. The van der Waals surface area contributed by atoms with Gasteiger partial charge in [0, 0.05) is 13.1 Å². The number of rotatable bonds is 4. The maximum absolute atomic E-state index is 10.1. The summed E-state index contributed by atoms with van der Waals surface area (Å²) >= 11 is 0. The molecule has 3 heteroatoms. The van der Waals surface area contributed by atoms with Crippen molar-refractivity contribution >= 4 is 6.41 Å². The summed E-state index contributed by atoms with van der Waals surface area (Å²) in [5.74, 6) is 0. The summed E-state index contributed by atoms with van der Waals surface area (Å²) in [6.45, 7) is 5.59. The zero-order valence-electron chi connectivity index (χ0n) is 6.62. The molecule has 11 heavy (non-hydrogen) atoms. The van der Waals surface area contributed by atoms with Crippen LogP contribution in [0.2, 0.25) is 0 Å². The Kier molecular flexibility index (Phi) is 3.11. The van der Waals surface area contributed by atoms with Crippen LogP contribution >= 0.6 is 0 Å². The van der Waals surface area contributed by atoms with E-state index in [1.54, 1.807) is 0 Å². The van der Waals surface area contributed by atoms with Crippen molar-refractivity contribution in [2.75, 3.05) is 13.1 Å². The van der Waals surface area contributed by atoms with Crippen molar-refractivity contribution in [3.63, 3.8) is 0 Å². The van der Waals surface area contributed by atoms with Gasteiger partial charge in [0.1, 0.15) is 0 Å². The molecule has 1 unspecified atom stereocenters. The Bertz CT molecular complexity index is 131. The van der Waals surface area contributed by atoms with Crippen LogP contribution in [0.4, 0.5) is 0 Å². The zero-order chi connectivity index (χ0) is 8.10. The number of carbonyl (C=O) groups excluding carboxylic acids is 1. The SMILES string of the molecule is C=CCN1CCCC1NC=O. The van der Waals surface area contributed by atoms with Crippen molar-refractivity contribution in [3.05, 3.63) is 12.7 Å². The van der Waals surface area contributed by atoms with Gasteiger partial charge in [0.15, 0.2) is 0 Å². The lowest BCUT2D eigenvalue weighted by molar-refractivity contribution is -0.110. The van der Waals surface area contributed by atoms with Crippen LogP contribution < -0.4 is 5.32 Å². The summed E-state index contributed by atoms with van der Waals surface area (Å²) in [5, 5.41) is 2.78. The summed E-state index contributed by atoms with van der Waals surface area (Å²) in [6, 6.07) is 0. The molecular formula is C8H14N2O. The highest BCUT2D eigenvalue weighted by atomic mass is 16.1. The van der Waals surface area contributed by atoms with Crippen LogP contribution in [-0.2, 0) is 4.79 Å². The van der Waals surface area contributed by atoms with Gasteiger partial charge in [-0.1, -0.05) is 6.08 Å². The Morgan fingerprint density at radius 3 is 3.18 bits per heavy atom. The van der Waals surface area contributed by atoms with Gasteiger partial charge in [0.25, 0.3) is 0 Å². The van der Waals surface area contributed by atoms with E-state index in [0.29, 0.717) is 0 Å². The van der Waals surface area contributed by atoms with Crippen LogP contribution in [-0.4, -0.2) is 30.6 Å². The summed E-state index contributed by atoms with van der Waals surface area (Å²) < 4.78 is 0. The maximum Gasteiger partial charge on any atom is 0.208 e. The summed E-state index contributed by atoms with van der Waals surface area (Å²) in [4.78, 5) is 12.4. The molecule has 1 N–H and O–H groups in total. The van der Waals surface area contributed by atoms with E-state index in [0.717, 1.165) is 25.9 Å². The second-order valence-electron chi connectivity index (χ2n) is 2.73. The van der Waals surface area contributed by atoms with E-state index in [1.165, 1.54) is 6.42 Å². The van der Waals surface area contributed by atoms with Crippen molar-refractivity contribution in [1.29, 1.82) is 0 Å². The van der Waals surface area contributed by atoms with Crippen molar-refractivity contribution in [2.45, 2.75) is 19.0 Å². The van der Waals surface area contributed by atoms with Crippen molar-refractivity contribution in [2.24, 2.45) is 0 Å². The number of nitrogens with zero attached hydrogens (tertiary/aromatic N) is 1. The first-order valence-corrected chi connectivity index (χ1v) is 3.93. The van der Waals surface area contributed by atoms with Crippen molar-refractivity contribution < 1.29 is 4.79 Å². The average Bonchev–Trinajstić information content (AvgIpc) is 2.39. The van der Waals surface area contributed by atoms with Crippen molar-refractivity contribution in [1.82, 2.24) is 10.2 Å². The van der Waals surface area contributed by atoms with Gasteiger partial charge in [-0.25, -0.2) is 0 Å². The van der Waals surface area contributed by atoms with Gasteiger partial charge < -0.3 is 5.32 Å². The average molecular weight is 154 g/mol. The topological polar surface area (TPSA) is 32.3 Å². The highest BCUT2D eigenvalue weighted by molar-refractivity contribution is 5.46. The molecule has 0 radical (unpaired) electrons. The van der Waals surface area contributed by atoms with Gasteiger partial charge in [-0.15, -0.1) is 6.58 Å². The monoisotopic (exact) mass is 154 g/mol. The lowest BCUT2D eigenvalue weighted by Gasteiger charge is -2.21. The first kappa shape index (κ1) is 8.27. The van der Waals surface area contributed by atoms with Crippen LogP contribution in [0, 0.1) is 0 Å². The predicted octanol–water partition coefficient (Wildman–Crippen LogP) is 0.340. The third-order valence-corrected chi connectivity index (χ3v) is 1.99. The van der Waals surface area contributed by atoms with E-state index in [9.17, 15) is 4.79 Å². The van der Waals surface area contributed by atoms with Crippen LogP contribution in [0.5, 0.6) is 0 Å². The van der Waals surface area contributed by atoms with Gasteiger partial charge in [-0.3, -0.25) is 9.69 Å². The molecule has 3 nitrogen and oxygen atoms in total. The highest BCUT2D eigenvalue weighted by Crippen LogP contribution is 2.13. The van der Waals surface area contributed by atoms with Crippen LogP contribution in [0.1, 0.15) is 12.8 Å². The Morgan fingerprint density at radius 1 is 1.73 bits per heavy atom. The van der Waals surface area contributed by atoms with E-state index < -0.39 is 0 Å². The van der Waals surface area contributed by atoms with Gasteiger partial charge in [-0.05, 0) is 12.8 Å². The number of likely N-dealkylation sites (tertiary alicyclic amines) is 1. The molecule has 0 spiro atoms. The van der Waals surface area contributed by atoms with Crippen LogP contribution in [0.15, 0.2) is 12.7 Å². The first-order valence-electron chi connectivity index (χ1n) is 3.93. The second-order valence-corrected chi connectivity index (χ2v) is 2.73. The smallest absolute Gasteiger partial charge is 0.208 e. The fourth-order valence-corrected chi connectivity index (χ4v) is 1.48. The molecule has 1 saturated heterocycles. The number of hydrogen-bond acceptors (Lipinski definition) is 2. The largest absolute Gasteiger partial charge is 0.343 e. The van der Waals surface area contributed by atoms with Gasteiger partial charge in [-0.2, -0.15) is 0 Å². The molecule has 0 aliphatic carbocycles. The summed E-state index contributed by atoms with van der Waals surface area (Å²) in [6.07, 6.45) is 5.11. The minimum absolute atomic E-state index is 0.241. The maximum atomic E-state index is 10.1. The summed E-state index contributed by atoms with van der Waals surface area (Å²) in [7, 11) is 0. The van der Waals surface area contributed by atoms with E-state index >= 15 is 0 Å². The van der Waals surface area contributed by atoms with Gasteiger partial charge in [0.05, 0.1) is 6.17 Å². The fourth-order valence-electron chi connectivity index (χ4n) is 1.48. The minimum Gasteiger partial charge on any atom is -0.343 e. The molecule has 0 aromatic heterocycles.